The van der Waals surface area contributed by atoms with Crippen molar-refractivity contribution in [1.29, 1.82) is 0 Å². The van der Waals surface area contributed by atoms with Gasteiger partial charge in [-0.25, -0.2) is 0 Å². The minimum absolute atomic E-state index is 0. The van der Waals surface area contributed by atoms with Crippen molar-refractivity contribution in [3.63, 3.8) is 0 Å². The molecule has 0 aliphatic rings. The van der Waals surface area contributed by atoms with Gasteiger partial charge in [0, 0.05) is 0 Å². The molecule has 3 heteroatoms. The lowest BCUT2D eigenvalue weighted by Crippen LogP contribution is -3.00. The van der Waals surface area contributed by atoms with Crippen molar-refractivity contribution >= 4 is 41.7 Å². The Morgan fingerprint density at radius 2 is 0.686 bits per heavy atom. The van der Waals surface area contributed by atoms with Crippen LogP contribution in [0.25, 0.3) is 0 Å². The summed E-state index contributed by atoms with van der Waals surface area (Å²) in [6.45, 7) is 0. The monoisotopic (exact) mass is 552 g/mol. The molecule has 0 heterocycles. The minimum Gasteiger partial charge on any atom is -1.00 e. The van der Waals surface area contributed by atoms with E-state index in [1.165, 1.54) is 26.5 Å². The molecule has 0 spiro atoms. The average molecular weight is 553 g/mol. The Hall–Kier alpha value is -2.82. The van der Waals surface area contributed by atoms with Crippen LogP contribution in [-0.2, 0) is 0 Å². The average Bonchev–Trinajstić information content (AvgIpc) is 2.94. The van der Waals surface area contributed by atoms with E-state index in [1.54, 1.807) is 0 Å². The fourth-order valence-electron chi connectivity index (χ4n) is 4.36. The van der Waals surface area contributed by atoms with E-state index in [0.29, 0.717) is 0 Å². The molecule has 0 atom stereocenters. The first-order chi connectivity index (χ1) is 16.9. The molecule has 5 aromatic carbocycles. The zero-order chi connectivity index (χ0) is 23.1. The molecular weight excluding hydrogens is 526 g/mol. The summed E-state index contributed by atoms with van der Waals surface area (Å²) in [4.78, 5) is 0. The van der Waals surface area contributed by atoms with Crippen molar-refractivity contribution in [3.8, 4) is 0 Å². The summed E-state index contributed by atoms with van der Waals surface area (Å²) in [6.07, 6.45) is 0. The van der Waals surface area contributed by atoms with Crippen LogP contribution in [0.3, 0.4) is 0 Å². The highest BCUT2D eigenvalue weighted by Gasteiger charge is 2.43. The third-order valence-electron chi connectivity index (χ3n) is 6.00. The van der Waals surface area contributed by atoms with Crippen molar-refractivity contribution in [1.82, 2.24) is 0 Å². The van der Waals surface area contributed by atoms with E-state index >= 15 is 0 Å². The van der Waals surface area contributed by atoms with Crippen molar-refractivity contribution in [3.05, 3.63) is 163 Å². The predicted octanol–water partition coefficient (Wildman–Crippen LogP) is 3.59. The van der Waals surface area contributed by atoms with Gasteiger partial charge in [0.25, 0.3) is 0 Å². The standard InChI is InChI=1S/C32H27P2.BrH/c1-6-16-28(17-7-1)33(29-18-8-2-9-19-29)26-27-34(30-20-10-3-11-21-30,31-22-12-4-13-23-31)32-24-14-5-15-25-32;/h1-27H;1H/q+1;/p-1/b27-26+;. The van der Waals surface area contributed by atoms with Gasteiger partial charge >= 0.3 is 0 Å². The van der Waals surface area contributed by atoms with Gasteiger partial charge in [-0.15, -0.1) is 0 Å². The fraction of sp³-hybridized carbons (Fsp3) is 0. The summed E-state index contributed by atoms with van der Waals surface area (Å²) < 4.78 is 0. The second kappa shape index (κ2) is 12.2. The second-order valence-corrected chi connectivity index (χ2v) is 13.4. The van der Waals surface area contributed by atoms with Crippen LogP contribution in [0.4, 0.5) is 0 Å². The minimum atomic E-state index is -2.01. The van der Waals surface area contributed by atoms with E-state index in [4.69, 9.17) is 0 Å². The van der Waals surface area contributed by atoms with E-state index in [9.17, 15) is 0 Å². The van der Waals surface area contributed by atoms with Crippen LogP contribution in [0.1, 0.15) is 0 Å². The first-order valence-corrected chi connectivity index (χ1v) is 14.8. The van der Waals surface area contributed by atoms with Crippen LogP contribution in [0.5, 0.6) is 0 Å². The Balaban J connectivity index is 0.00000289. The van der Waals surface area contributed by atoms with Gasteiger partial charge in [0.2, 0.25) is 0 Å². The third kappa shape index (κ3) is 5.55. The van der Waals surface area contributed by atoms with Crippen LogP contribution >= 0.6 is 15.2 Å². The lowest BCUT2D eigenvalue weighted by atomic mass is 10.4. The fourth-order valence-corrected chi connectivity index (χ4v) is 10.7. The van der Waals surface area contributed by atoms with Crippen LogP contribution in [0, 0.1) is 0 Å². The maximum absolute atomic E-state index is 2.55. The molecule has 0 N–H and O–H groups in total. The highest BCUT2D eigenvalue weighted by Crippen LogP contribution is 2.58. The molecule has 0 amide bonds. The van der Waals surface area contributed by atoms with Crippen molar-refractivity contribution in [2.45, 2.75) is 0 Å². The maximum atomic E-state index is 2.55. The smallest absolute Gasteiger partial charge is 0.137 e. The number of rotatable bonds is 7. The Morgan fingerprint density at radius 1 is 0.400 bits per heavy atom. The lowest BCUT2D eigenvalue weighted by Gasteiger charge is -2.25. The summed E-state index contributed by atoms with van der Waals surface area (Å²) in [5, 5.41) is 6.86. The van der Waals surface area contributed by atoms with Crippen LogP contribution in [-0.4, -0.2) is 0 Å². The van der Waals surface area contributed by atoms with Gasteiger partial charge in [0.15, 0.2) is 0 Å². The molecule has 0 bridgehead atoms. The highest BCUT2D eigenvalue weighted by atomic mass is 79.9. The first kappa shape index (κ1) is 25.3. The molecule has 0 aromatic heterocycles. The molecule has 0 saturated carbocycles. The van der Waals surface area contributed by atoms with Gasteiger partial charge in [0.05, 0.1) is 5.82 Å². The molecule has 0 aliphatic heterocycles. The number of benzene rings is 5. The SMILES string of the molecule is C(=C\[P+](c1ccccc1)(c1ccccc1)c1ccccc1)/P(c1ccccc1)c1ccccc1.[Br-]. The van der Waals surface area contributed by atoms with E-state index in [0.717, 1.165) is 0 Å². The molecule has 0 aliphatic carbocycles. The van der Waals surface area contributed by atoms with Gasteiger partial charge in [-0.3, -0.25) is 0 Å². The molecule has 5 rings (SSSR count). The Morgan fingerprint density at radius 3 is 1.00 bits per heavy atom. The Kier molecular flexibility index (Phi) is 8.84. The summed E-state index contributed by atoms with van der Waals surface area (Å²) >= 11 is 0. The molecular formula is C32H27BrP2. The van der Waals surface area contributed by atoms with Crippen LogP contribution < -0.4 is 43.5 Å². The van der Waals surface area contributed by atoms with Crippen molar-refractivity contribution < 1.29 is 17.0 Å². The van der Waals surface area contributed by atoms with Crippen molar-refractivity contribution in [2.75, 3.05) is 0 Å². The second-order valence-electron chi connectivity index (χ2n) is 8.07. The molecule has 0 nitrogen and oxygen atoms in total. The topological polar surface area (TPSA) is 0 Å². The molecule has 35 heavy (non-hydrogen) atoms. The van der Waals surface area contributed by atoms with E-state index < -0.39 is 15.2 Å². The zero-order valence-corrected chi connectivity index (χ0v) is 22.7. The molecule has 0 radical (unpaired) electrons. The van der Waals surface area contributed by atoms with Gasteiger partial charge in [-0.2, -0.15) is 0 Å². The number of hydrogen-bond acceptors (Lipinski definition) is 0. The quantitative estimate of drug-likeness (QED) is 0.271. The molecule has 0 unspecified atom stereocenters. The highest BCUT2D eigenvalue weighted by molar-refractivity contribution is 7.98. The molecule has 5 aromatic rings. The van der Waals surface area contributed by atoms with Crippen LogP contribution in [0.15, 0.2) is 163 Å². The molecule has 172 valence electrons. The predicted molar refractivity (Wildman–Crippen MR) is 153 cm³/mol. The van der Waals surface area contributed by atoms with E-state index in [2.05, 4.69) is 163 Å². The van der Waals surface area contributed by atoms with Gasteiger partial charge < -0.3 is 17.0 Å². The summed E-state index contributed by atoms with van der Waals surface area (Å²) in [6, 6.07) is 54.9. The van der Waals surface area contributed by atoms with Gasteiger partial charge in [0.1, 0.15) is 23.2 Å². The lowest BCUT2D eigenvalue weighted by molar-refractivity contribution is -0.00000639. The molecule has 0 fully saturated rings. The number of hydrogen-bond donors (Lipinski definition) is 0. The number of halogens is 1. The van der Waals surface area contributed by atoms with Gasteiger partial charge in [-0.1, -0.05) is 115 Å². The zero-order valence-electron chi connectivity index (χ0n) is 19.4. The van der Waals surface area contributed by atoms with E-state index in [1.807, 2.05) is 0 Å². The van der Waals surface area contributed by atoms with Crippen molar-refractivity contribution in [2.24, 2.45) is 0 Å². The van der Waals surface area contributed by atoms with Gasteiger partial charge in [-0.05, 0) is 60.7 Å². The first-order valence-electron chi connectivity index (χ1n) is 11.5. The summed E-state index contributed by atoms with van der Waals surface area (Å²) in [5.41, 5.74) is 0. The maximum Gasteiger partial charge on any atom is 0.137 e. The summed E-state index contributed by atoms with van der Waals surface area (Å²) in [5.74, 6) is 5.06. The largest absolute Gasteiger partial charge is 1.00 e. The molecule has 0 saturated heterocycles. The Labute approximate surface area is 221 Å². The van der Waals surface area contributed by atoms with E-state index in [-0.39, 0.29) is 17.0 Å². The van der Waals surface area contributed by atoms with Crippen LogP contribution in [0.2, 0.25) is 0 Å². The summed E-state index contributed by atoms with van der Waals surface area (Å²) in [7, 11) is -2.65. The normalized spacial score (nSPS) is 11.3. The Bertz CT molecular complexity index is 1190. The third-order valence-corrected chi connectivity index (χ3v) is 12.3.